The van der Waals surface area contributed by atoms with Crippen LogP contribution in [0.15, 0.2) is 54.9 Å². The van der Waals surface area contributed by atoms with Gasteiger partial charge in [-0.1, -0.05) is 11.6 Å². The number of hydrogen-bond acceptors (Lipinski definition) is 12. The van der Waals surface area contributed by atoms with Crippen molar-refractivity contribution in [3.05, 3.63) is 82.4 Å². The number of anilines is 2. The zero-order valence-corrected chi connectivity index (χ0v) is 35.8. The molecule has 2 aromatic carbocycles. The van der Waals surface area contributed by atoms with Crippen molar-refractivity contribution in [3.63, 3.8) is 0 Å². The van der Waals surface area contributed by atoms with Crippen LogP contribution in [0, 0.1) is 13.8 Å². The summed E-state index contributed by atoms with van der Waals surface area (Å²) in [4.78, 5) is 24.8. The van der Waals surface area contributed by atoms with Crippen LogP contribution in [0.2, 0.25) is 5.02 Å². The van der Waals surface area contributed by atoms with Crippen LogP contribution in [0.5, 0.6) is 23.0 Å². The van der Waals surface area contributed by atoms with Gasteiger partial charge in [0.15, 0.2) is 0 Å². The number of ether oxygens (including phenoxy) is 4. The predicted octanol–water partition coefficient (Wildman–Crippen LogP) is 8.47. The highest BCUT2D eigenvalue weighted by molar-refractivity contribution is 6.33. The lowest BCUT2D eigenvalue weighted by Crippen LogP contribution is -2.60. The molecule has 2 fully saturated rings. The van der Waals surface area contributed by atoms with Crippen LogP contribution in [-0.2, 0) is 13.1 Å². The average molecular weight is 801 g/mol. The number of benzene rings is 2. The molecule has 2 aliphatic rings. The molecule has 0 amide bonds. The molecule has 308 valence electrons. The summed E-state index contributed by atoms with van der Waals surface area (Å²) >= 11 is 6.64. The molecule has 4 aromatic rings. The number of likely N-dealkylation sites (tertiary alicyclic amines) is 2. The summed E-state index contributed by atoms with van der Waals surface area (Å²) < 4.78 is 24.0. The van der Waals surface area contributed by atoms with E-state index < -0.39 is 0 Å². The molecular formula is C44H61ClN8O4. The molecule has 0 atom stereocenters. The molecule has 2 aromatic heterocycles. The Morgan fingerprint density at radius 3 is 1.53 bits per heavy atom. The van der Waals surface area contributed by atoms with Crippen LogP contribution in [0.1, 0.15) is 89.7 Å². The highest BCUT2D eigenvalue weighted by Crippen LogP contribution is 2.37. The third kappa shape index (κ3) is 11.4. The van der Waals surface area contributed by atoms with Gasteiger partial charge in [0, 0.05) is 69.1 Å². The van der Waals surface area contributed by atoms with Crippen molar-refractivity contribution >= 4 is 23.5 Å². The lowest BCUT2D eigenvalue weighted by atomic mass is 10.0. The van der Waals surface area contributed by atoms with Crippen molar-refractivity contribution < 1.29 is 18.9 Å². The average Bonchev–Trinajstić information content (AvgIpc) is 3.16. The van der Waals surface area contributed by atoms with E-state index in [0.29, 0.717) is 41.6 Å². The molecule has 12 nitrogen and oxygen atoms in total. The number of nitrogens with zero attached hydrogens (tertiary/aromatic N) is 8. The Balaban J connectivity index is 1.23. The summed E-state index contributed by atoms with van der Waals surface area (Å²) in [5, 5.41) is 5.17. The molecule has 0 spiro atoms. The summed E-state index contributed by atoms with van der Waals surface area (Å²) in [6, 6.07) is 14.6. The van der Waals surface area contributed by atoms with Gasteiger partial charge in [-0.3, -0.25) is 9.80 Å². The van der Waals surface area contributed by atoms with Crippen LogP contribution in [-0.4, -0.2) is 93.4 Å². The fourth-order valence-electron chi connectivity index (χ4n) is 7.89. The van der Waals surface area contributed by atoms with Gasteiger partial charge in [0.1, 0.15) is 28.0 Å². The third-order valence-electron chi connectivity index (χ3n) is 10.1. The molecule has 0 unspecified atom stereocenters. The van der Waals surface area contributed by atoms with E-state index in [1.54, 1.807) is 0 Å². The Hall–Kier alpha value is -4.39. The molecule has 2 aliphatic heterocycles. The molecule has 57 heavy (non-hydrogen) atoms. The molecule has 0 radical (unpaired) electrons. The van der Waals surface area contributed by atoms with Gasteiger partial charge >= 0.3 is 0 Å². The quantitative estimate of drug-likeness (QED) is 0.0958. The van der Waals surface area contributed by atoms with Gasteiger partial charge in [-0.25, -0.2) is 30.0 Å². The van der Waals surface area contributed by atoms with Gasteiger partial charge in [-0.05, 0) is 129 Å². The Kier molecular flexibility index (Phi) is 14.7. The maximum atomic E-state index is 6.64. The zero-order chi connectivity index (χ0) is 40.5. The van der Waals surface area contributed by atoms with Crippen LogP contribution in [0.3, 0.4) is 0 Å². The topological polar surface area (TPSA) is 101 Å². The summed E-state index contributed by atoms with van der Waals surface area (Å²) in [7, 11) is 0. The van der Waals surface area contributed by atoms with E-state index in [9.17, 15) is 0 Å². The first-order valence-electron chi connectivity index (χ1n) is 20.7. The van der Waals surface area contributed by atoms with Crippen molar-refractivity contribution in [1.82, 2.24) is 29.7 Å². The van der Waals surface area contributed by atoms with Gasteiger partial charge in [0.2, 0.25) is 11.9 Å². The number of hydrazine groups is 1. The third-order valence-corrected chi connectivity index (χ3v) is 10.5. The predicted molar refractivity (Wildman–Crippen MR) is 227 cm³/mol. The van der Waals surface area contributed by atoms with Gasteiger partial charge in [-0.2, -0.15) is 0 Å². The minimum absolute atomic E-state index is 0.0802. The summed E-state index contributed by atoms with van der Waals surface area (Å²) in [6.45, 7) is 22.5. The van der Waals surface area contributed by atoms with Gasteiger partial charge in [-0.15, -0.1) is 0 Å². The summed E-state index contributed by atoms with van der Waals surface area (Å²) in [5.41, 5.74) is 4.18. The lowest BCUT2D eigenvalue weighted by molar-refractivity contribution is 0.181. The van der Waals surface area contributed by atoms with Crippen LogP contribution < -0.4 is 29.0 Å². The Labute approximate surface area is 344 Å². The second-order valence-electron chi connectivity index (χ2n) is 15.6. The normalized spacial score (nSPS) is 15.9. The number of aromatic nitrogens is 4. The van der Waals surface area contributed by atoms with Crippen molar-refractivity contribution in [3.8, 4) is 23.0 Å². The number of piperidine rings is 2. The van der Waals surface area contributed by atoms with Crippen molar-refractivity contribution in [2.75, 3.05) is 49.4 Å². The van der Waals surface area contributed by atoms with E-state index >= 15 is 0 Å². The lowest BCUT2D eigenvalue weighted by Gasteiger charge is -2.48. The second kappa shape index (κ2) is 19.8. The molecule has 0 bridgehead atoms. The minimum atomic E-state index is 0.0802. The molecule has 4 heterocycles. The zero-order valence-electron chi connectivity index (χ0n) is 35.1. The highest BCUT2D eigenvalue weighted by atomic mass is 35.5. The first kappa shape index (κ1) is 42.2. The minimum Gasteiger partial charge on any atom is -0.492 e. The second-order valence-corrected chi connectivity index (χ2v) is 16.0. The van der Waals surface area contributed by atoms with E-state index in [-0.39, 0.29) is 24.3 Å². The smallest absolute Gasteiger partial charge is 0.245 e. The Morgan fingerprint density at radius 1 is 0.649 bits per heavy atom. The molecule has 2 saturated heterocycles. The molecular weight excluding hydrogens is 740 g/mol. The number of aryl methyl sites for hydroxylation is 2. The van der Waals surface area contributed by atoms with Crippen molar-refractivity contribution in [2.45, 2.75) is 118 Å². The van der Waals surface area contributed by atoms with Gasteiger partial charge in [0.05, 0.1) is 37.5 Å². The van der Waals surface area contributed by atoms with E-state index in [0.717, 1.165) is 93.4 Å². The van der Waals surface area contributed by atoms with E-state index in [4.69, 9.17) is 50.5 Å². The fourth-order valence-corrected chi connectivity index (χ4v) is 8.11. The molecule has 6 rings (SSSR count). The van der Waals surface area contributed by atoms with Crippen LogP contribution in [0.4, 0.5) is 11.9 Å². The van der Waals surface area contributed by atoms with E-state index in [2.05, 4.69) is 59.6 Å². The standard InChI is InChI=1S/C44H61ClN8O4/c1-9-54-40-25-35(26-41(42(40)45)55-10-2)29-51-20-14-37(15-21-51)53(44-48-32(7)22-33(8)49-44)52(43-46-16-11-17-47-43)36-12-18-50(19-13-36)28-34-23-38(56-30(3)4)27-39(24-34)57-31(5)6/h11,16-17,22-27,30-31,36-37H,9-10,12-15,18-21,28-29H2,1-8H3. The summed E-state index contributed by atoms with van der Waals surface area (Å²) in [6.07, 6.45) is 7.50. The van der Waals surface area contributed by atoms with E-state index in [1.165, 1.54) is 5.56 Å². The van der Waals surface area contributed by atoms with Crippen LogP contribution >= 0.6 is 11.6 Å². The number of halogens is 1. The largest absolute Gasteiger partial charge is 0.492 e. The molecule has 0 aliphatic carbocycles. The maximum Gasteiger partial charge on any atom is 0.245 e. The maximum absolute atomic E-state index is 6.64. The van der Waals surface area contributed by atoms with Gasteiger partial charge in [0.25, 0.3) is 0 Å². The molecule has 0 N–H and O–H groups in total. The molecule has 13 heteroatoms. The van der Waals surface area contributed by atoms with Gasteiger partial charge < -0.3 is 18.9 Å². The number of rotatable bonds is 17. The van der Waals surface area contributed by atoms with Crippen molar-refractivity contribution in [1.29, 1.82) is 0 Å². The fraction of sp³-hybridized carbons (Fsp3) is 0.545. The monoisotopic (exact) mass is 800 g/mol. The Bertz CT molecular complexity index is 1810. The first-order chi connectivity index (χ1) is 27.5. The highest BCUT2D eigenvalue weighted by Gasteiger charge is 2.37. The SMILES string of the molecule is CCOc1cc(CN2CCC(N(c3nc(C)cc(C)n3)N(c3ncccn3)C3CCN(Cc4cc(OC(C)C)cc(OC(C)C)c4)CC3)CC2)cc(OCC)c1Cl. The van der Waals surface area contributed by atoms with Crippen LogP contribution in [0.25, 0.3) is 0 Å². The number of hydrogen-bond donors (Lipinski definition) is 0. The van der Waals surface area contributed by atoms with Crippen molar-refractivity contribution in [2.24, 2.45) is 0 Å². The first-order valence-corrected chi connectivity index (χ1v) is 21.0. The summed E-state index contributed by atoms with van der Waals surface area (Å²) in [5.74, 6) is 4.38. The van der Waals surface area contributed by atoms with E-state index in [1.807, 2.05) is 70.4 Å². The Morgan fingerprint density at radius 2 is 1.09 bits per heavy atom. The molecule has 0 saturated carbocycles.